The number of amides is 4. The van der Waals surface area contributed by atoms with Crippen LogP contribution in [0.1, 0.15) is 6.42 Å². The Balaban J connectivity index is 1.51. The number of halogens is 1. The van der Waals surface area contributed by atoms with Gasteiger partial charge in [0.1, 0.15) is 17.6 Å². The number of imide groups is 1. The van der Waals surface area contributed by atoms with Gasteiger partial charge in [-0.3, -0.25) is 9.59 Å². The van der Waals surface area contributed by atoms with Crippen molar-refractivity contribution in [3.8, 4) is 5.75 Å². The number of rotatable bonds is 4. The molecular weight excluding hydrogens is 365 g/mol. The molecule has 0 bridgehead atoms. The molecule has 1 N–H and O–H groups in total. The number of hydrogen-bond donors (Lipinski definition) is 1. The monoisotopic (exact) mass is 383 g/mol. The summed E-state index contributed by atoms with van der Waals surface area (Å²) < 4.78 is 18.7. The predicted molar refractivity (Wildman–Crippen MR) is 98.3 cm³/mol. The number of para-hydroxylation sites is 1. The molecule has 28 heavy (non-hydrogen) atoms. The van der Waals surface area contributed by atoms with E-state index in [1.165, 1.54) is 29.2 Å². The number of ether oxygens (including phenoxy) is 1. The van der Waals surface area contributed by atoms with Crippen LogP contribution < -0.4 is 15.0 Å². The Labute approximate surface area is 160 Å². The largest absolute Gasteiger partial charge is 0.484 e. The highest BCUT2D eigenvalue weighted by molar-refractivity contribution is 6.19. The third-order valence-electron chi connectivity index (χ3n) is 4.89. The quantitative estimate of drug-likeness (QED) is 0.875. The van der Waals surface area contributed by atoms with Crippen molar-refractivity contribution in [3.63, 3.8) is 0 Å². The van der Waals surface area contributed by atoms with E-state index in [-0.39, 0.29) is 18.2 Å². The Morgan fingerprint density at radius 3 is 2.54 bits per heavy atom. The fourth-order valence-electron chi connectivity index (χ4n) is 3.56. The van der Waals surface area contributed by atoms with E-state index in [9.17, 15) is 18.8 Å². The lowest BCUT2D eigenvalue weighted by Crippen LogP contribution is -2.65. The maximum atomic E-state index is 13.2. The zero-order valence-electron chi connectivity index (χ0n) is 14.9. The first-order valence-electron chi connectivity index (χ1n) is 8.92. The van der Waals surface area contributed by atoms with E-state index in [1.54, 1.807) is 24.3 Å². The van der Waals surface area contributed by atoms with Crippen molar-refractivity contribution in [2.24, 2.45) is 0 Å². The zero-order chi connectivity index (χ0) is 19.7. The minimum atomic E-state index is -0.811. The molecule has 2 saturated heterocycles. The molecule has 2 aromatic rings. The number of hydrogen-bond acceptors (Lipinski definition) is 4. The molecule has 8 heteroatoms. The minimum absolute atomic E-state index is 0.203. The number of urea groups is 1. The smallest absolute Gasteiger partial charge is 0.329 e. The van der Waals surface area contributed by atoms with Crippen LogP contribution in [0.15, 0.2) is 54.6 Å². The molecule has 2 heterocycles. The van der Waals surface area contributed by atoms with Crippen molar-refractivity contribution in [1.29, 1.82) is 0 Å². The van der Waals surface area contributed by atoms with Crippen LogP contribution in [0.25, 0.3) is 0 Å². The molecule has 2 aromatic carbocycles. The second-order valence-electron chi connectivity index (χ2n) is 6.63. The summed E-state index contributed by atoms with van der Waals surface area (Å²) in [6.45, 7) is 0.139. The molecule has 2 unspecified atom stereocenters. The maximum absolute atomic E-state index is 13.2. The highest BCUT2D eigenvalue weighted by Gasteiger charge is 2.49. The topological polar surface area (TPSA) is 79.0 Å². The SMILES string of the molecule is O=C1NC2CCN(C(=O)COc3ccccc3)C2C(=O)N1c1ccc(F)cc1. The standard InChI is InChI=1S/C20H18FN3O4/c21-13-6-8-14(9-7-13)24-19(26)18-16(22-20(24)27)10-11-23(18)17(25)12-28-15-4-2-1-3-5-15/h1-9,16,18H,10-12H2,(H,22,27). The number of nitrogens with one attached hydrogen (secondary N) is 1. The van der Waals surface area contributed by atoms with E-state index in [4.69, 9.17) is 4.74 Å². The Bertz CT molecular complexity index is 903. The first-order chi connectivity index (χ1) is 13.5. The van der Waals surface area contributed by atoms with Crippen molar-refractivity contribution in [3.05, 3.63) is 60.4 Å². The van der Waals surface area contributed by atoms with Gasteiger partial charge in [-0.2, -0.15) is 0 Å². The summed E-state index contributed by atoms with van der Waals surface area (Å²) in [6.07, 6.45) is 0.483. The maximum Gasteiger partial charge on any atom is 0.329 e. The molecule has 0 spiro atoms. The summed E-state index contributed by atoms with van der Waals surface area (Å²) in [7, 11) is 0. The second kappa shape index (κ2) is 7.30. The molecule has 0 aliphatic carbocycles. The number of nitrogens with zero attached hydrogens (tertiary/aromatic N) is 2. The number of carbonyl (C=O) groups is 3. The number of carbonyl (C=O) groups excluding carboxylic acids is 3. The molecular formula is C20H18FN3O4. The van der Waals surface area contributed by atoms with Crippen LogP contribution in [-0.2, 0) is 9.59 Å². The lowest BCUT2D eigenvalue weighted by Gasteiger charge is -2.36. The molecule has 2 fully saturated rings. The van der Waals surface area contributed by atoms with Crippen LogP contribution in [0, 0.1) is 5.82 Å². The highest BCUT2D eigenvalue weighted by atomic mass is 19.1. The van der Waals surface area contributed by atoms with Gasteiger partial charge in [0.15, 0.2) is 6.61 Å². The van der Waals surface area contributed by atoms with E-state index in [1.807, 2.05) is 6.07 Å². The van der Waals surface area contributed by atoms with E-state index in [0.29, 0.717) is 18.7 Å². The highest BCUT2D eigenvalue weighted by Crippen LogP contribution is 2.28. The molecule has 4 rings (SSSR count). The Morgan fingerprint density at radius 2 is 1.82 bits per heavy atom. The summed E-state index contributed by atoms with van der Waals surface area (Å²) in [5.41, 5.74) is 0.252. The second-order valence-corrected chi connectivity index (χ2v) is 6.63. The summed E-state index contributed by atoms with van der Waals surface area (Å²) in [6, 6.07) is 12.1. The molecule has 4 amide bonds. The lowest BCUT2D eigenvalue weighted by atomic mass is 10.0. The summed E-state index contributed by atoms with van der Waals surface area (Å²) in [4.78, 5) is 40.5. The molecule has 7 nitrogen and oxygen atoms in total. The molecule has 0 saturated carbocycles. The number of anilines is 1. The van der Waals surface area contributed by atoms with Crippen molar-refractivity contribution in [1.82, 2.24) is 10.2 Å². The number of likely N-dealkylation sites (tertiary alicyclic amines) is 1. The third kappa shape index (κ3) is 3.28. The zero-order valence-corrected chi connectivity index (χ0v) is 14.9. The molecule has 144 valence electrons. The van der Waals surface area contributed by atoms with Gasteiger partial charge in [0.05, 0.1) is 11.7 Å². The Hall–Kier alpha value is -3.42. The normalized spacial score (nSPS) is 21.3. The average Bonchev–Trinajstić information content (AvgIpc) is 3.12. The Morgan fingerprint density at radius 1 is 1.11 bits per heavy atom. The Kier molecular flexibility index (Phi) is 4.68. The number of fused-ring (bicyclic) bond motifs is 1. The van der Waals surface area contributed by atoms with Crippen LogP contribution >= 0.6 is 0 Å². The van der Waals surface area contributed by atoms with Crippen LogP contribution in [0.4, 0.5) is 14.9 Å². The van der Waals surface area contributed by atoms with E-state index < -0.39 is 29.8 Å². The van der Waals surface area contributed by atoms with Gasteiger partial charge < -0.3 is 15.0 Å². The average molecular weight is 383 g/mol. The van der Waals surface area contributed by atoms with E-state index in [2.05, 4.69) is 5.32 Å². The van der Waals surface area contributed by atoms with Gasteiger partial charge >= 0.3 is 6.03 Å². The van der Waals surface area contributed by atoms with E-state index >= 15 is 0 Å². The molecule has 0 radical (unpaired) electrons. The fourth-order valence-corrected chi connectivity index (χ4v) is 3.56. The van der Waals surface area contributed by atoms with Gasteiger partial charge in [0.2, 0.25) is 0 Å². The minimum Gasteiger partial charge on any atom is -0.484 e. The van der Waals surface area contributed by atoms with Gasteiger partial charge in [-0.05, 0) is 42.8 Å². The first-order valence-corrected chi connectivity index (χ1v) is 8.92. The lowest BCUT2D eigenvalue weighted by molar-refractivity contribution is -0.139. The molecule has 2 aliphatic rings. The fraction of sp³-hybridized carbons (Fsp3) is 0.250. The summed E-state index contributed by atoms with van der Waals surface area (Å²) in [5, 5.41) is 2.77. The van der Waals surface area contributed by atoms with Crippen LogP contribution in [0.5, 0.6) is 5.75 Å². The predicted octanol–water partition coefficient (Wildman–Crippen LogP) is 1.93. The van der Waals surface area contributed by atoms with Gasteiger partial charge in [0, 0.05) is 6.54 Å². The summed E-state index contributed by atoms with van der Waals surface area (Å²) >= 11 is 0. The van der Waals surface area contributed by atoms with Crippen LogP contribution in [-0.4, -0.2) is 48.0 Å². The van der Waals surface area contributed by atoms with Crippen LogP contribution in [0.2, 0.25) is 0 Å². The van der Waals surface area contributed by atoms with Crippen molar-refractivity contribution < 1.29 is 23.5 Å². The van der Waals surface area contributed by atoms with Gasteiger partial charge in [-0.15, -0.1) is 0 Å². The van der Waals surface area contributed by atoms with Gasteiger partial charge in [0.25, 0.3) is 11.8 Å². The first kappa shape index (κ1) is 18.0. The number of benzene rings is 2. The van der Waals surface area contributed by atoms with Crippen LogP contribution in [0.3, 0.4) is 0 Å². The van der Waals surface area contributed by atoms with Crippen molar-refractivity contribution >= 4 is 23.5 Å². The molecule has 0 aromatic heterocycles. The molecule has 2 aliphatic heterocycles. The molecule has 2 atom stereocenters. The van der Waals surface area contributed by atoms with Gasteiger partial charge in [-0.25, -0.2) is 14.1 Å². The van der Waals surface area contributed by atoms with Crippen molar-refractivity contribution in [2.75, 3.05) is 18.1 Å². The van der Waals surface area contributed by atoms with Gasteiger partial charge in [-0.1, -0.05) is 18.2 Å². The summed E-state index contributed by atoms with van der Waals surface area (Å²) in [5.74, 6) is -0.754. The third-order valence-corrected chi connectivity index (χ3v) is 4.89. The van der Waals surface area contributed by atoms with E-state index in [0.717, 1.165) is 4.90 Å². The van der Waals surface area contributed by atoms with Crippen molar-refractivity contribution in [2.45, 2.75) is 18.5 Å².